The lowest BCUT2D eigenvalue weighted by Gasteiger charge is -2.26. The first kappa shape index (κ1) is 34.9. The minimum Gasteiger partial charge on any atom is -0.456 e. The van der Waals surface area contributed by atoms with E-state index in [9.17, 15) is 0 Å². The van der Waals surface area contributed by atoms with Crippen LogP contribution in [0.25, 0.3) is 93.6 Å². The van der Waals surface area contributed by atoms with Crippen molar-refractivity contribution >= 4 is 71.6 Å². The molecule has 12 rings (SSSR count). The standard InChI is InChI=1S/C58H38N2O/c1-4-16-39(17-5-1)43-35-53(41-18-6-2-7-19-41)58-54(36-43)50-32-30-46(37-55(50)60(58)44-23-8-3-9-24-44)59(47-31-33-52-51-27-12-13-29-56(51)61-57(52)38-47)45-25-14-22-42(34-45)49-28-15-21-40-20-10-11-26-48(40)49/h1-38H. The molecule has 10 aromatic carbocycles. The molecule has 0 spiro atoms. The SMILES string of the molecule is c1ccc(-c2cc(-c3ccccc3)c3c(c2)c2ccc(N(c4cccc(-c5cccc6ccccc56)c4)c4ccc5c(c4)oc4ccccc45)cc2n3-c2ccccc2)cc1. The molecule has 0 aliphatic carbocycles. The molecule has 0 atom stereocenters. The van der Waals surface area contributed by atoms with Crippen LogP contribution in [-0.4, -0.2) is 4.57 Å². The summed E-state index contributed by atoms with van der Waals surface area (Å²) < 4.78 is 8.97. The van der Waals surface area contributed by atoms with Crippen LogP contribution in [-0.2, 0) is 0 Å². The van der Waals surface area contributed by atoms with E-state index in [2.05, 4.69) is 228 Å². The molecule has 0 aliphatic rings. The van der Waals surface area contributed by atoms with Crippen LogP contribution in [0.4, 0.5) is 17.1 Å². The van der Waals surface area contributed by atoms with Gasteiger partial charge in [-0.1, -0.05) is 158 Å². The Kier molecular flexibility index (Phi) is 8.17. The van der Waals surface area contributed by atoms with Crippen LogP contribution in [0.3, 0.4) is 0 Å². The third kappa shape index (κ3) is 5.90. The molecule has 0 radical (unpaired) electrons. The van der Waals surface area contributed by atoms with Crippen molar-refractivity contribution in [2.45, 2.75) is 0 Å². The van der Waals surface area contributed by atoms with Gasteiger partial charge in [-0.15, -0.1) is 0 Å². The first-order valence-electron chi connectivity index (χ1n) is 20.8. The van der Waals surface area contributed by atoms with Crippen LogP contribution < -0.4 is 4.90 Å². The Morgan fingerprint density at radius 2 is 0.934 bits per heavy atom. The molecule has 0 saturated heterocycles. The summed E-state index contributed by atoms with van der Waals surface area (Å²) >= 11 is 0. The number of benzene rings is 10. The zero-order valence-corrected chi connectivity index (χ0v) is 33.2. The molecule has 2 heterocycles. The third-order valence-corrected chi connectivity index (χ3v) is 12.1. The largest absolute Gasteiger partial charge is 0.456 e. The molecule has 61 heavy (non-hydrogen) atoms. The Hall–Kier alpha value is -8.14. The summed E-state index contributed by atoms with van der Waals surface area (Å²) in [7, 11) is 0. The van der Waals surface area contributed by atoms with Crippen molar-refractivity contribution in [2.24, 2.45) is 0 Å². The van der Waals surface area contributed by atoms with Crippen molar-refractivity contribution < 1.29 is 4.42 Å². The van der Waals surface area contributed by atoms with Gasteiger partial charge in [0.15, 0.2) is 0 Å². The summed E-state index contributed by atoms with van der Waals surface area (Å²) in [5.74, 6) is 0. The fraction of sp³-hybridized carbons (Fsp3) is 0. The summed E-state index contributed by atoms with van der Waals surface area (Å²) in [6, 6.07) is 83.0. The molecular formula is C58H38N2O. The van der Waals surface area contributed by atoms with Gasteiger partial charge in [0.1, 0.15) is 11.2 Å². The molecule has 0 unspecified atom stereocenters. The van der Waals surface area contributed by atoms with Crippen molar-refractivity contribution in [1.82, 2.24) is 4.57 Å². The number of hydrogen-bond donors (Lipinski definition) is 0. The van der Waals surface area contributed by atoms with Gasteiger partial charge >= 0.3 is 0 Å². The highest BCUT2D eigenvalue weighted by Crippen LogP contribution is 2.45. The maximum Gasteiger partial charge on any atom is 0.137 e. The van der Waals surface area contributed by atoms with E-state index in [0.29, 0.717) is 0 Å². The number of hydrogen-bond acceptors (Lipinski definition) is 2. The molecule has 12 aromatic rings. The molecule has 0 bridgehead atoms. The van der Waals surface area contributed by atoms with E-state index in [4.69, 9.17) is 4.42 Å². The quantitative estimate of drug-likeness (QED) is 0.161. The normalized spacial score (nSPS) is 11.6. The third-order valence-electron chi connectivity index (χ3n) is 12.1. The first-order valence-corrected chi connectivity index (χ1v) is 20.8. The lowest BCUT2D eigenvalue weighted by Crippen LogP contribution is -2.10. The van der Waals surface area contributed by atoms with E-state index in [-0.39, 0.29) is 0 Å². The van der Waals surface area contributed by atoms with Crippen molar-refractivity contribution in [3.63, 3.8) is 0 Å². The van der Waals surface area contributed by atoms with Crippen molar-refractivity contribution in [3.05, 3.63) is 231 Å². The van der Waals surface area contributed by atoms with Crippen LogP contribution >= 0.6 is 0 Å². The van der Waals surface area contributed by atoms with E-state index < -0.39 is 0 Å². The lowest BCUT2D eigenvalue weighted by atomic mass is 9.95. The highest BCUT2D eigenvalue weighted by molar-refractivity contribution is 6.16. The maximum atomic E-state index is 6.52. The minimum atomic E-state index is 0.856. The van der Waals surface area contributed by atoms with Crippen LogP contribution in [0.2, 0.25) is 0 Å². The highest BCUT2D eigenvalue weighted by Gasteiger charge is 2.22. The summed E-state index contributed by atoms with van der Waals surface area (Å²) in [4.78, 5) is 2.38. The predicted molar refractivity (Wildman–Crippen MR) is 257 cm³/mol. The number of fused-ring (bicyclic) bond motifs is 7. The van der Waals surface area contributed by atoms with Crippen molar-refractivity contribution in [2.75, 3.05) is 4.90 Å². The molecule has 0 fully saturated rings. The van der Waals surface area contributed by atoms with E-state index in [0.717, 1.165) is 55.8 Å². The van der Waals surface area contributed by atoms with Gasteiger partial charge in [0.2, 0.25) is 0 Å². The first-order chi connectivity index (χ1) is 30.2. The number of para-hydroxylation sites is 2. The Balaban J connectivity index is 1.14. The van der Waals surface area contributed by atoms with Gasteiger partial charge in [-0.3, -0.25) is 0 Å². The molecule has 286 valence electrons. The zero-order valence-electron chi connectivity index (χ0n) is 33.2. The number of nitrogens with zero attached hydrogens (tertiary/aromatic N) is 2. The van der Waals surface area contributed by atoms with Gasteiger partial charge in [-0.05, 0) is 105 Å². The summed E-state index contributed by atoms with van der Waals surface area (Å²) in [6.45, 7) is 0. The second-order valence-corrected chi connectivity index (χ2v) is 15.7. The van der Waals surface area contributed by atoms with Gasteiger partial charge in [-0.2, -0.15) is 0 Å². The average molecular weight is 779 g/mol. The maximum absolute atomic E-state index is 6.52. The smallest absolute Gasteiger partial charge is 0.137 e. The second-order valence-electron chi connectivity index (χ2n) is 15.7. The fourth-order valence-electron chi connectivity index (χ4n) is 9.34. The number of anilines is 3. The Morgan fingerprint density at radius 3 is 1.75 bits per heavy atom. The topological polar surface area (TPSA) is 21.3 Å². The van der Waals surface area contributed by atoms with E-state index in [1.54, 1.807) is 0 Å². The van der Waals surface area contributed by atoms with E-state index >= 15 is 0 Å². The Labute approximate surface area is 353 Å². The van der Waals surface area contributed by atoms with Gasteiger partial charge in [0.05, 0.1) is 11.0 Å². The van der Waals surface area contributed by atoms with Crippen LogP contribution in [0, 0.1) is 0 Å². The van der Waals surface area contributed by atoms with Gasteiger partial charge in [0, 0.05) is 55.9 Å². The van der Waals surface area contributed by atoms with Crippen LogP contribution in [0.5, 0.6) is 0 Å². The number of aromatic nitrogens is 1. The van der Waals surface area contributed by atoms with Crippen LogP contribution in [0.15, 0.2) is 235 Å². The molecule has 0 saturated carbocycles. The molecule has 0 aliphatic heterocycles. The van der Waals surface area contributed by atoms with Crippen molar-refractivity contribution in [1.29, 1.82) is 0 Å². The number of furan rings is 1. The van der Waals surface area contributed by atoms with Crippen LogP contribution in [0.1, 0.15) is 0 Å². The van der Waals surface area contributed by atoms with Gasteiger partial charge in [-0.25, -0.2) is 0 Å². The Morgan fingerprint density at radius 1 is 0.328 bits per heavy atom. The average Bonchev–Trinajstić information content (AvgIpc) is 3.87. The summed E-state index contributed by atoms with van der Waals surface area (Å²) in [6.07, 6.45) is 0. The summed E-state index contributed by atoms with van der Waals surface area (Å²) in [5, 5.41) is 7.07. The number of rotatable bonds is 7. The minimum absolute atomic E-state index is 0.856. The van der Waals surface area contributed by atoms with Gasteiger partial charge in [0.25, 0.3) is 0 Å². The fourth-order valence-corrected chi connectivity index (χ4v) is 9.34. The molecule has 0 amide bonds. The second kappa shape index (κ2) is 14.3. The summed E-state index contributed by atoms with van der Waals surface area (Å²) in [5.41, 5.74) is 15.4. The van der Waals surface area contributed by atoms with Crippen molar-refractivity contribution in [3.8, 4) is 39.1 Å². The van der Waals surface area contributed by atoms with E-state index in [1.165, 1.54) is 54.9 Å². The van der Waals surface area contributed by atoms with Gasteiger partial charge < -0.3 is 13.9 Å². The monoisotopic (exact) mass is 778 g/mol. The molecule has 0 N–H and O–H groups in total. The highest BCUT2D eigenvalue weighted by atomic mass is 16.3. The predicted octanol–water partition coefficient (Wildman–Crippen LogP) is 16.3. The lowest BCUT2D eigenvalue weighted by molar-refractivity contribution is 0.669. The Bertz CT molecular complexity index is 3580. The molecule has 3 heteroatoms. The molecular weight excluding hydrogens is 741 g/mol. The zero-order chi connectivity index (χ0) is 40.3. The van der Waals surface area contributed by atoms with E-state index in [1.807, 2.05) is 12.1 Å². The molecule has 2 aromatic heterocycles. The molecule has 3 nitrogen and oxygen atoms in total.